The number of nitriles is 2. The second-order valence-electron chi connectivity index (χ2n) is 7.74. The molecule has 3 aromatic carbocycles. The summed E-state index contributed by atoms with van der Waals surface area (Å²) in [7, 11) is 0. The number of ether oxygens (including phenoxy) is 2. The zero-order chi connectivity index (χ0) is 24.0. The minimum absolute atomic E-state index is 0.267. The Labute approximate surface area is 200 Å². The van der Waals surface area contributed by atoms with Crippen LogP contribution >= 0.6 is 0 Å². The topological polar surface area (TPSA) is 95.1 Å². The molecule has 0 heterocycles. The van der Waals surface area contributed by atoms with E-state index < -0.39 is 11.9 Å². The van der Waals surface area contributed by atoms with Crippen molar-refractivity contribution < 1.29 is 14.3 Å². The maximum atomic E-state index is 13.1. The lowest BCUT2D eigenvalue weighted by Gasteiger charge is -2.18. The van der Waals surface area contributed by atoms with Crippen LogP contribution in [0.4, 0.5) is 0 Å². The van der Waals surface area contributed by atoms with Crippen molar-refractivity contribution in [1.82, 2.24) is 5.32 Å². The van der Waals surface area contributed by atoms with Gasteiger partial charge < -0.3 is 14.8 Å². The number of carbonyl (C=O) groups excluding carboxylic acids is 1. The van der Waals surface area contributed by atoms with Gasteiger partial charge >= 0.3 is 0 Å². The minimum Gasteiger partial charge on any atom is -0.485 e. The summed E-state index contributed by atoms with van der Waals surface area (Å²) in [6.07, 6.45) is 2.29. The molecule has 0 aromatic heterocycles. The molecule has 0 saturated carbocycles. The lowest BCUT2D eigenvalue weighted by atomic mass is 10.1. The molecule has 0 aliphatic carbocycles. The molecule has 0 aliphatic heterocycles. The Morgan fingerprint density at radius 1 is 0.824 bits per heavy atom. The van der Waals surface area contributed by atoms with Gasteiger partial charge in [-0.15, -0.1) is 0 Å². The third kappa shape index (κ3) is 7.39. The van der Waals surface area contributed by atoms with E-state index in [1.54, 1.807) is 18.2 Å². The van der Waals surface area contributed by atoms with Crippen LogP contribution in [0.3, 0.4) is 0 Å². The van der Waals surface area contributed by atoms with Gasteiger partial charge in [-0.1, -0.05) is 66.7 Å². The van der Waals surface area contributed by atoms with Crippen molar-refractivity contribution in [2.75, 3.05) is 0 Å². The number of unbranched alkanes of at least 4 members (excludes halogenated alkanes) is 2. The Balaban J connectivity index is 1.79. The standard InChI is InChI=1S/C28H27N3O3/c29-18-9-3-8-15-24(19-30)31-28(32)25-16-10-17-26(33-20-22-11-4-1-5-12-22)27(25)34-21-23-13-6-2-7-14-23/h1-2,4-7,10-14,16-17,24H,3,8-9,15,20-21H2,(H,31,32)/t24-/m0/s1. The molecule has 1 N–H and O–H groups in total. The van der Waals surface area contributed by atoms with Gasteiger partial charge in [-0.2, -0.15) is 10.5 Å². The number of para-hydroxylation sites is 1. The molecule has 0 saturated heterocycles. The number of amides is 1. The molecule has 0 radical (unpaired) electrons. The zero-order valence-electron chi connectivity index (χ0n) is 18.9. The molecular formula is C28H27N3O3. The summed E-state index contributed by atoms with van der Waals surface area (Å²) in [4.78, 5) is 13.1. The highest BCUT2D eigenvalue weighted by atomic mass is 16.5. The van der Waals surface area contributed by atoms with E-state index in [1.807, 2.05) is 60.7 Å². The summed E-state index contributed by atoms with van der Waals surface area (Å²) in [6, 6.07) is 28.1. The first-order chi connectivity index (χ1) is 16.7. The van der Waals surface area contributed by atoms with Gasteiger partial charge in [0.15, 0.2) is 11.5 Å². The molecule has 0 aliphatic rings. The van der Waals surface area contributed by atoms with Crippen LogP contribution in [0.2, 0.25) is 0 Å². The molecule has 3 rings (SSSR count). The van der Waals surface area contributed by atoms with Crippen molar-refractivity contribution in [2.45, 2.75) is 44.9 Å². The maximum absolute atomic E-state index is 13.1. The molecule has 3 aromatic rings. The first kappa shape index (κ1) is 24.4. The smallest absolute Gasteiger partial charge is 0.256 e. The molecule has 6 nitrogen and oxygen atoms in total. The molecule has 0 unspecified atom stereocenters. The third-order valence-corrected chi connectivity index (χ3v) is 5.18. The number of rotatable bonds is 12. The van der Waals surface area contributed by atoms with E-state index in [0.717, 1.165) is 11.1 Å². The fourth-order valence-electron chi connectivity index (χ4n) is 3.38. The number of hydrogen-bond acceptors (Lipinski definition) is 5. The van der Waals surface area contributed by atoms with Crippen molar-refractivity contribution in [3.05, 3.63) is 95.6 Å². The van der Waals surface area contributed by atoms with E-state index in [2.05, 4.69) is 17.5 Å². The summed E-state index contributed by atoms with van der Waals surface area (Å²) in [5.74, 6) is 0.385. The molecule has 0 bridgehead atoms. The Morgan fingerprint density at radius 3 is 2.09 bits per heavy atom. The second kappa shape index (κ2) is 13.3. The fraction of sp³-hybridized carbons (Fsp3) is 0.250. The maximum Gasteiger partial charge on any atom is 0.256 e. The first-order valence-corrected chi connectivity index (χ1v) is 11.2. The van der Waals surface area contributed by atoms with Gasteiger partial charge in [-0.3, -0.25) is 4.79 Å². The highest BCUT2D eigenvalue weighted by molar-refractivity contribution is 5.98. The summed E-state index contributed by atoms with van der Waals surface area (Å²) in [5, 5.41) is 20.9. The Kier molecular flexibility index (Phi) is 9.53. The quantitative estimate of drug-likeness (QED) is 0.363. The van der Waals surface area contributed by atoms with Gasteiger partial charge in [0, 0.05) is 6.42 Å². The second-order valence-corrected chi connectivity index (χ2v) is 7.74. The molecule has 1 atom stereocenters. The number of hydrogen-bond donors (Lipinski definition) is 1. The SMILES string of the molecule is N#CCCCC[C@@H](C#N)NC(=O)c1cccc(OCc2ccccc2)c1OCc1ccccc1. The number of carbonyl (C=O) groups is 1. The van der Waals surface area contributed by atoms with Gasteiger partial charge in [0.25, 0.3) is 5.91 Å². The molecule has 1 amide bonds. The normalized spacial score (nSPS) is 11.0. The summed E-state index contributed by atoms with van der Waals surface area (Å²) in [5.41, 5.74) is 2.26. The van der Waals surface area contributed by atoms with E-state index in [-0.39, 0.29) is 6.61 Å². The van der Waals surface area contributed by atoms with Crippen LogP contribution in [0.25, 0.3) is 0 Å². The van der Waals surface area contributed by atoms with E-state index in [1.165, 1.54) is 0 Å². The minimum atomic E-state index is -0.651. The predicted molar refractivity (Wildman–Crippen MR) is 129 cm³/mol. The van der Waals surface area contributed by atoms with Crippen molar-refractivity contribution in [1.29, 1.82) is 10.5 Å². The zero-order valence-corrected chi connectivity index (χ0v) is 18.9. The van der Waals surface area contributed by atoms with Crippen LogP contribution in [0.15, 0.2) is 78.9 Å². The fourth-order valence-corrected chi connectivity index (χ4v) is 3.38. The molecule has 0 fully saturated rings. The molecule has 6 heteroatoms. The van der Waals surface area contributed by atoms with Gasteiger partial charge in [0.05, 0.1) is 17.7 Å². The van der Waals surface area contributed by atoms with E-state index in [0.29, 0.717) is 49.4 Å². The van der Waals surface area contributed by atoms with Crippen molar-refractivity contribution in [2.24, 2.45) is 0 Å². The summed E-state index contributed by atoms with van der Waals surface area (Å²) >= 11 is 0. The number of nitrogens with zero attached hydrogens (tertiary/aromatic N) is 2. The van der Waals surface area contributed by atoms with E-state index >= 15 is 0 Å². The van der Waals surface area contributed by atoms with Gasteiger partial charge in [0.1, 0.15) is 19.3 Å². The number of benzene rings is 3. The van der Waals surface area contributed by atoms with Crippen LogP contribution < -0.4 is 14.8 Å². The average molecular weight is 454 g/mol. The lowest BCUT2D eigenvalue weighted by molar-refractivity contribution is 0.0937. The van der Waals surface area contributed by atoms with E-state index in [9.17, 15) is 10.1 Å². The largest absolute Gasteiger partial charge is 0.485 e. The van der Waals surface area contributed by atoms with Crippen LogP contribution in [-0.4, -0.2) is 11.9 Å². The lowest BCUT2D eigenvalue weighted by Crippen LogP contribution is -2.34. The van der Waals surface area contributed by atoms with Crippen LogP contribution in [0.5, 0.6) is 11.5 Å². The highest BCUT2D eigenvalue weighted by Gasteiger charge is 2.20. The number of nitrogens with one attached hydrogen (secondary N) is 1. The average Bonchev–Trinajstić information content (AvgIpc) is 2.89. The molecule has 172 valence electrons. The monoisotopic (exact) mass is 453 g/mol. The highest BCUT2D eigenvalue weighted by Crippen LogP contribution is 2.33. The van der Waals surface area contributed by atoms with Crippen molar-refractivity contribution >= 4 is 5.91 Å². The third-order valence-electron chi connectivity index (χ3n) is 5.18. The Morgan fingerprint density at radius 2 is 1.47 bits per heavy atom. The summed E-state index contributed by atoms with van der Waals surface area (Å²) < 4.78 is 12.1. The molecule has 0 spiro atoms. The Bertz CT molecular complexity index is 1140. The van der Waals surface area contributed by atoms with E-state index in [4.69, 9.17) is 14.7 Å². The van der Waals surface area contributed by atoms with Gasteiger partial charge in [0.2, 0.25) is 0 Å². The van der Waals surface area contributed by atoms with Crippen LogP contribution in [0, 0.1) is 22.7 Å². The van der Waals surface area contributed by atoms with Crippen LogP contribution in [-0.2, 0) is 13.2 Å². The first-order valence-electron chi connectivity index (χ1n) is 11.2. The van der Waals surface area contributed by atoms with Crippen molar-refractivity contribution in [3.63, 3.8) is 0 Å². The summed E-state index contributed by atoms with van der Waals surface area (Å²) in [6.45, 7) is 0.593. The Hall–Kier alpha value is -4.29. The van der Waals surface area contributed by atoms with Gasteiger partial charge in [-0.05, 0) is 42.5 Å². The van der Waals surface area contributed by atoms with Gasteiger partial charge in [-0.25, -0.2) is 0 Å². The predicted octanol–water partition coefficient (Wildman–Crippen LogP) is 5.55. The van der Waals surface area contributed by atoms with Crippen molar-refractivity contribution in [3.8, 4) is 23.6 Å². The molecule has 34 heavy (non-hydrogen) atoms. The molecular weight excluding hydrogens is 426 g/mol. The van der Waals surface area contributed by atoms with Crippen LogP contribution in [0.1, 0.15) is 47.2 Å².